The summed E-state index contributed by atoms with van der Waals surface area (Å²) in [7, 11) is 0. The molecule has 0 spiro atoms. The topological polar surface area (TPSA) is 42.7 Å². The summed E-state index contributed by atoms with van der Waals surface area (Å²) in [5.41, 5.74) is 1.59. The van der Waals surface area contributed by atoms with Gasteiger partial charge < -0.3 is 5.32 Å². The van der Waals surface area contributed by atoms with E-state index in [-0.39, 0.29) is 0 Å². The first-order chi connectivity index (χ1) is 9.33. The van der Waals surface area contributed by atoms with Crippen LogP contribution in [0.25, 0.3) is 0 Å². The summed E-state index contributed by atoms with van der Waals surface area (Å²) >= 11 is 1.99. The fourth-order valence-corrected chi connectivity index (χ4v) is 3.86. The molecule has 0 bridgehead atoms. The molecule has 19 heavy (non-hydrogen) atoms. The number of fused-ring (bicyclic) bond motifs is 1. The molecule has 0 radical (unpaired) electrons. The van der Waals surface area contributed by atoms with Gasteiger partial charge in [-0.15, -0.1) is 16.4 Å². The van der Waals surface area contributed by atoms with Gasteiger partial charge in [0, 0.05) is 28.5 Å². The van der Waals surface area contributed by atoms with E-state index in [1.807, 2.05) is 22.2 Å². The first kappa shape index (κ1) is 12.8. The van der Waals surface area contributed by atoms with Gasteiger partial charge in [0.2, 0.25) is 0 Å². The van der Waals surface area contributed by atoms with Crippen LogP contribution in [0.2, 0.25) is 0 Å². The number of aryl methyl sites for hydroxylation is 2. The Bertz CT molecular complexity index is 494. The monoisotopic (exact) mass is 276 g/mol. The van der Waals surface area contributed by atoms with Gasteiger partial charge in [-0.05, 0) is 44.2 Å². The molecule has 0 saturated heterocycles. The third-order valence-corrected chi connectivity index (χ3v) is 5.13. The van der Waals surface area contributed by atoms with Crippen LogP contribution >= 0.6 is 11.3 Å². The Kier molecular flexibility index (Phi) is 3.94. The molecule has 3 rings (SSSR count). The van der Waals surface area contributed by atoms with Gasteiger partial charge in [-0.1, -0.05) is 5.21 Å². The highest BCUT2D eigenvalue weighted by Gasteiger charge is 2.16. The Balaban J connectivity index is 1.54. The minimum atomic E-state index is 0.430. The van der Waals surface area contributed by atoms with Crippen LogP contribution in [0.4, 0.5) is 0 Å². The Morgan fingerprint density at radius 1 is 1.42 bits per heavy atom. The zero-order valence-electron chi connectivity index (χ0n) is 11.3. The molecule has 1 unspecified atom stereocenters. The standard InChI is InChI=1S/C14H20N4S/c1-11(15-6-8-18-9-7-16-17-18)14-10-12-4-2-3-5-13(12)19-14/h7,9-11,15H,2-6,8H2,1H3. The van der Waals surface area contributed by atoms with E-state index in [1.54, 1.807) is 16.6 Å². The lowest BCUT2D eigenvalue weighted by Gasteiger charge is -2.11. The molecule has 2 heterocycles. The highest BCUT2D eigenvalue weighted by Crippen LogP contribution is 2.32. The van der Waals surface area contributed by atoms with Crippen molar-refractivity contribution < 1.29 is 0 Å². The van der Waals surface area contributed by atoms with Crippen LogP contribution in [0.15, 0.2) is 18.5 Å². The zero-order valence-corrected chi connectivity index (χ0v) is 12.1. The highest BCUT2D eigenvalue weighted by atomic mass is 32.1. The predicted molar refractivity (Wildman–Crippen MR) is 77.4 cm³/mol. The van der Waals surface area contributed by atoms with Gasteiger partial charge in [-0.3, -0.25) is 4.68 Å². The van der Waals surface area contributed by atoms with E-state index < -0.39 is 0 Å². The van der Waals surface area contributed by atoms with Crippen molar-refractivity contribution in [1.82, 2.24) is 20.3 Å². The van der Waals surface area contributed by atoms with Crippen molar-refractivity contribution in [2.75, 3.05) is 6.54 Å². The molecule has 2 aromatic heterocycles. The summed E-state index contributed by atoms with van der Waals surface area (Å²) in [5.74, 6) is 0. The molecular formula is C14H20N4S. The van der Waals surface area contributed by atoms with Crippen molar-refractivity contribution in [3.05, 3.63) is 33.8 Å². The third kappa shape index (κ3) is 3.04. The van der Waals surface area contributed by atoms with Gasteiger partial charge in [0.15, 0.2) is 0 Å². The van der Waals surface area contributed by atoms with E-state index in [1.165, 1.54) is 30.6 Å². The van der Waals surface area contributed by atoms with Crippen LogP contribution < -0.4 is 5.32 Å². The molecule has 102 valence electrons. The minimum Gasteiger partial charge on any atom is -0.308 e. The summed E-state index contributed by atoms with van der Waals surface area (Å²) in [6, 6.07) is 2.84. The van der Waals surface area contributed by atoms with Gasteiger partial charge in [-0.2, -0.15) is 0 Å². The molecule has 0 aromatic carbocycles. The van der Waals surface area contributed by atoms with Crippen molar-refractivity contribution in [1.29, 1.82) is 0 Å². The van der Waals surface area contributed by atoms with E-state index >= 15 is 0 Å². The zero-order chi connectivity index (χ0) is 13.1. The van der Waals surface area contributed by atoms with Crippen LogP contribution in [0.5, 0.6) is 0 Å². The second-order valence-electron chi connectivity index (χ2n) is 5.15. The number of nitrogens with zero attached hydrogens (tertiary/aromatic N) is 3. The van der Waals surface area contributed by atoms with Crippen molar-refractivity contribution in [3.8, 4) is 0 Å². The Morgan fingerprint density at radius 3 is 3.11 bits per heavy atom. The number of aromatic nitrogens is 3. The second-order valence-corrected chi connectivity index (χ2v) is 6.31. The van der Waals surface area contributed by atoms with E-state index in [0.717, 1.165) is 13.1 Å². The number of nitrogens with one attached hydrogen (secondary N) is 1. The largest absolute Gasteiger partial charge is 0.308 e. The molecule has 2 aromatic rings. The van der Waals surface area contributed by atoms with Crippen LogP contribution in [0.1, 0.15) is 41.1 Å². The van der Waals surface area contributed by atoms with Crippen LogP contribution in [0, 0.1) is 0 Å². The van der Waals surface area contributed by atoms with Crippen LogP contribution in [-0.2, 0) is 19.4 Å². The van der Waals surface area contributed by atoms with E-state index in [2.05, 4.69) is 28.6 Å². The first-order valence-electron chi connectivity index (χ1n) is 7.02. The van der Waals surface area contributed by atoms with E-state index in [0.29, 0.717) is 6.04 Å². The molecule has 0 amide bonds. The van der Waals surface area contributed by atoms with Gasteiger partial charge >= 0.3 is 0 Å². The first-order valence-corrected chi connectivity index (χ1v) is 7.83. The summed E-state index contributed by atoms with van der Waals surface area (Å²) in [4.78, 5) is 3.09. The van der Waals surface area contributed by atoms with Gasteiger partial charge in [-0.25, -0.2) is 0 Å². The molecule has 0 fully saturated rings. The Labute approximate surface area is 117 Å². The maximum atomic E-state index is 3.97. The SMILES string of the molecule is CC(NCCn1ccnn1)c1cc2c(s1)CCCC2. The van der Waals surface area contributed by atoms with E-state index in [9.17, 15) is 0 Å². The highest BCUT2D eigenvalue weighted by molar-refractivity contribution is 7.12. The second kappa shape index (κ2) is 5.84. The summed E-state index contributed by atoms with van der Waals surface area (Å²) in [6.07, 6.45) is 8.90. The van der Waals surface area contributed by atoms with E-state index in [4.69, 9.17) is 0 Å². The lowest BCUT2D eigenvalue weighted by atomic mass is 9.99. The number of hydrogen-bond acceptors (Lipinski definition) is 4. The van der Waals surface area contributed by atoms with Gasteiger partial charge in [0.05, 0.1) is 12.7 Å². The Morgan fingerprint density at radius 2 is 2.32 bits per heavy atom. The maximum absolute atomic E-state index is 3.97. The molecule has 1 atom stereocenters. The summed E-state index contributed by atoms with van der Waals surface area (Å²) < 4.78 is 1.86. The summed E-state index contributed by atoms with van der Waals surface area (Å²) in [5, 5.41) is 11.3. The lowest BCUT2D eigenvalue weighted by molar-refractivity contribution is 0.502. The predicted octanol–water partition coefficient (Wildman–Crippen LogP) is 2.57. The molecular weight excluding hydrogens is 256 g/mol. The number of hydrogen-bond donors (Lipinski definition) is 1. The number of rotatable bonds is 5. The fourth-order valence-electron chi connectivity index (χ4n) is 2.58. The van der Waals surface area contributed by atoms with Crippen molar-refractivity contribution in [3.63, 3.8) is 0 Å². The molecule has 1 aliphatic rings. The number of thiophene rings is 1. The van der Waals surface area contributed by atoms with Crippen molar-refractivity contribution in [2.24, 2.45) is 0 Å². The smallest absolute Gasteiger partial charge is 0.0692 e. The quantitative estimate of drug-likeness (QED) is 0.912. The molecule has 5 heteroatoms. The molecule has 0 aliphatic heterocycles. The molecule has 1 aliphatic carbocycles. The molecule has 0 saturated carbocycles. The normalized spacial score (nSPS) is 16.3. The van der Waals surface area contributed by atoms with Crippen molar-refractivity contribution >= 4 is 11.3 Å². The minimum absolute atomic E-state index is 0.430. The van der Waals surface area contributed by atoms with Gasteiger partial charge in [0.25, 0.3) is 0 Å². The van der Waals surface area contributed by atoms with Gasteiger partial charge in [0.1, 0.15) is 0 Å². The van der Waals surface area contributed by atoms with Crippen LogP contribution in [-0.4, -0.2) is 21.5 Å². The lowest BCUT2D eigenvalue weighted by Crippen LogP contribution is -2.23. The third-order valence-electron chi connectivity index (χ3n) is 3.71. The molecule has 1 N–H and O–H groups in total. The average Bonchev–Trinajstić information content (AvgIpc) is 3.07. The fraction of sp³-hybridized carbons (Fsp3) is 0.571. The van der Waals surface area contributed by atoms with Crippen molar-refractivity contribution in [2.45, 2.75) is 45.2 Å². The summed E-state index contributed by atoms with van der Waals surface area (Å²) in [6.45, 7) is 4.04. The molecule has 4 nitrogen and oxygen atoms in total. The average molecular weight is 276 g/mol. The Hall–Kier alpha value is -1.20. The maximum Gasteiger partial charge on any atom is 0.0692 e. The van der Waals surface area contributed by atoms with Crippen LogP contribution in [0.3, 0.4) is 0 Å².